The molecule has 5 heteroatoms. The van der Waals surface area contributed by atoms with Gasteiger partial charge in [0.25, 0.3) is 11.8 Å². The minimum absolute atomic E-state index is 0.0704. The Kier molecular flexibility index (Phi) is 5.89. The fourth-order valence-corrected chi connectivity index (χ4v) is 3.17. The Hall–Kier alpha value is -2.82. The maximum Gasteiger partial charge on any atom is 0.255 e. The highest BCUT2D eigenvalue weighted by molar-refractivity contribution is 6.05. The molecule has 0 atom stereocenters. The molecule has 136 valence electrons. The molecule has 1 aliphatic rings. The molecular formula is C21H24N2O3. The van der Waals surface area contributed by atoms with Gasteiger partial charge in [-0.25, -0.2) is 0 Å². The lowest BCUT2D eigenvalue weighted by Gasteiger charge is -2.22. The Balaban J connectivity index is 1.58. The van der Waals surface area contributed by atoms with Gasteiger partial charge in [0.05, 0.1) is 7.11 Å². The van der Waals surface area contributed by atoms with Crippen LogP contribution in [-0.4, -0.2) is 25.0 Å². The number of methoxy groups -OCH3 is 1. The van der Waals surface area contributed by atoms with Crippen LogP contribution in [-0.2, 0) is 0 Å². The Morgan fingerprint density at radius 1 is 0.846 bits per heavy atom. The minimum Gasteiger partial charge on any atom is -0.497 e. The average molecular weight is 352 g/mol. The SMILES string of the molecule is COc1ccc(NC(=O)c2ccc(C(=O)NC3CCCCC3)cc2)cc1. The van der Waals surface area contributed by atoms with E-state index in [1.54, 1.807) is 55.6 Å². The molecule has 0 aliphatic heterocycles. The Morgan fingerprint density at radius 2 is 1.42 bits per heavy atom. The zero-order chi connectivity index (χ0) is 18.4. The van der Waals surface area contributed by atoms with Crippen molar-refractivity contribution in [2.45, 2.75) is 38.1 Å². The van der Waals surface area contributed by atoms with Gasteiger partial charge >= 0.3 is 0 Å². The zero-order valence-corrected chi connectivity index (χ0v) is 15.0. The number of benzene rings is 2. The summed E-state index contributed by atoms with van der Waals surface area (Å²) in [7, 11) is 1.60. The van der Waals surface area contributed by atoms with Crippen LogP contribution < -0.4 is 15.4 Å². The molecule has 0 heterocycles. The maximum absolute atomic E-state index is 12.3. The standard InChI is InChI=1S/C21H24N2O3/c1-26-19-13-11-18(12-14-19)23-21(25)16-9-7-15(8-10-16)20(24)22-17-5-3-2-4-6-17/h7-14,17H,2-6H2,1H3,(H,22,24)(H,23,25). The van der Waals surface area contributed by atoms with Crippen LogP contribution in [0, 0.1) is 0 Å². The third kappa shape index (κ3) is 4.63. The lowest BCUT2D eigenvalue weighted by atomic mass is 9.95. The van der Waals surface area contributed by atoms with E-state index >= 15 is 0 Å². The molecule has 0 unspecified atom stereocenters. The Morgan fingerprint density at radius 3 is 2.00 bits per heavy atom. The second-order valence-electron chi connectivity index (χ2n) is 6.57. The van der Waals surface area contributed by atoms with Crippen molar-refractivity contribution in [3.8, 4) is 5.75 Å². The molecule has 0 saturated heterocycles. The second-order valence-corrected chi connectivity index (χ2v) is 6.57. The average Bonchev–Trinajstić information content (AvgIpc) is 2.69. The number of ether oxygens (including phenoxy) is 1. The van der Waals surface area contributed by atoms with Gasteiger partial charge in [-0.3, -0.25) is 9.59 Å². The third-order valence-corrected chi connectivity index (χ3v) is 4.70. The molecule has 1 aliphatic carbocycles. The first-order valence-corrected chi connectivity index (χ1v) is 9.02. The summed E-state index contributed by atoms with van der Waals surface area (Å²) in [6.07, 6.45) is 5.71. The van der Waals surface area contributed by atoms with Crippen LogP contribution >= 0.6 is 0 Å². The van der Waals surface area contributed by atoms with Crippen LogP contribution in [0.5, 0.6) is 5.75 Å². The molecular weight excluding hydrogens is 328 g/mol. The molecule has 2 aromatic carbocycles. The van der Waals surface area contributed by atoms with E-state index in [0.717, 1.165) is 18.6 Å². The molecule has 2 aromatic rings. The lowest BCUT2D eigenvalue weighted by molar-refractivity contribution is 0.0926. The smallest absolute Gasteiger partial charge is 0.255 e. The minimum atomic E-state index is -0.214. The van der Waals surface area contributed by atoms with Gasteiger partial charge in [0.2, 0.25) is 0 Å². The van der Waals surface area contributed by atoms with Crippen molar-refractivity contribution < 1.29 is 14.3 Å². The van der Waals surface area contributed by atoms with E-state index in [0.29, 0.717) is 16.8 Å². The van der Waals surface area contributed by atoms with Crippen molar-refractivity contribution in [1.82, 2.24) is 5.32 Å². The molecule has 0 spiro atoms. The number of rotatable bonds is 5. The molecule has 0 bridgehead atoms. The summed E-state index contributed by atoms with van der Waals surface area (Å²) in [5.74, 6) is 0.449. The first-order valence-electron chi connectivity index (χ1n) is 9.02. The van der Waals surface area contributed by atoms with Crippen molar-refractivity contribution in [1.29, 1.82) is 0 Å². The van der Waals surface area contributed by atoms with Gasteiger partial charge in [-0.05, 0) is 61.4 Å². The molecule has 2 N–H and O–H groups in total. The number of nitrogens with one attached hydrogen (secondary N) is 2. The summed E-state index contributed by atoms with van der Waals surface area (Å²) in [5.41, 5.74) is 1.78. The summed E-state index contributed by atoms with van der Waals surface area (Å²) >= 11 is 0. The topological polar surface area (TPSA) is 67.4 Å². The number of hydrogen-bond acceptors (Lipinski definition) is 3. The fourth-order valence-electron chi connectivity index (χ4n) is 3.17. The maximum atomic E-state index is 12.3. The van der Waals surface area contributed by atoms with Crippen molar-refractivity contribution in [3.05, 3.63) is 59.7 Å². The van der Waals surface area contributed by atoms with E-state index in [1.807, 2.05) is 0 Å². The van der Waals surface area contributed by atoms with Gasteiger partial charge in [0.1, 0.15) is 5.75 Å². The molecule has 3 rings (SSSR count). The summed E-state index contributed by atoms with van der Waals surface area (Å²) in [4.78, 5) is 24.6. The quantitative estimate of drug-likeness (QED) is 0.854. The summed E-state index contributed by atoms with van der Waals surface area (Å²) in [5, 5.41) is 5.91. The van der Waals surface area contributed by atoms with Crippen molar-refractivity contribution in [2.24, 2.45) is 0 Å². The van der Waals surface area contributed by atoms with Gasteiger partial charge in [-0.2, -0.15) is 0 Å². The van der Waals surface area contributed by atoms with E-state index < -0.39 is 0 Å². The van der Waals surface area contributed by atoms with Gasteiger partial charge in [-0.15, -0.1) is 0 Å². The normalized spacial score (nSPS) is 14.5. The number of carbonyl (C=O) groups excluding carboxylic acids is 2. The number of hydrogen-bond donors (Lipinski definition) is 2. The third-order valence-electron chi connectivity index (χ3n) is 4.70. The van der Waals surface area contributed by atoms with Crippen LogP contribution in [0.3, 0.4) is 0 Å². The van der Waals surface area contributed by atoms with Crippen LogP contribution in [0.25, 0.3) is 0 Å². The van der Waals surface area contributed by atoms with Gasteiger partial charge < -0.3 is 15.4 Å². The first kappa shape index (κ1) is 18.0. The molecule has 1 fully saturated rings. The van der Waals surface area contributed by atoms with Crippen molar-refractivity contribution >= 4 is 17.5 Å². The van der Waals surface area contributed by atoms with E-state index in [2.05, 4.69) is 10.6 Å². The van der Waals surface area contributed by atoms with Crippen molar-refractivity contribution in [3.63, 3.8) is 0 Å². The molecule has 2 amide bonds. The monoisotopic (exact) mass is 352 g/mol. The summed E-state index contributed by atoms with van der Waals surface area (Å²) in [6, 6.07) is 14.1. The van der Waals surface area contributed by atoms with Crippen molar-refractivity contribution in [2.75, 3.05) is 12.4 Å². The van der Waals surface area contributed by atoms with Crippen LogP contribution in [0.15, 0.2) is 48.5 Å². The van der Waals surface area contributed by atoms with Crippen LogP contribution in [0.4, 0.5) is 5.69 Å². The van der Waals surface area contributed by atoms with E-state index in [1.165, 1.54) is 19.3 Å². The second kappa shape index (κ2) is 8.52. The number of amides is 2. The van der Waals surface area contributed by atoms with E-state index in [4.69, 9.17) is 4.74 Å². The molecule has 0 radical (unpaired) electrons. The predicted molar refractivity (Wildman–Crippen MR) is 102 cm³/mol. The largest absolute Gasteiger partial charge is 0.497 e. The van der Waals surface area contributed by atoms with Gasteiger partial charge in [0.15, 0.2) is 0 Å². The van der Waals surface area contributed by atoms with E-state index in [-0.39, 0.29) is 17.9 Å². The molecule has 0 aromatic heterocycles. The van der Waals surface area contributed by atoms with Gasteiger partial charge in [0, 0.05) is 22.9 Å². The number of carbonyl (C=O) groups is 2. The van der Waals surface area contributed by atoms with Crippen LogP contribution in [0.2, 0.25) is 0 Å². The number of anilines is 1. The predicted octanol–water partition coefficient (Wildman–Crippen LogP) is 4.01. The summed E-state index contributed by atoms with van der Waals surface area (Å²) < 4.78 is 5.10. The highest BCUT2D eigenvalue weighted by Gasteiger charge is 2.17. The zero-order valence-electron chi connectivity index (χ0n) is 15.0. The Labute approximate surface area is 153 Å². The van der Waals surface area contributed by atoms with Crippen LogP contribution in [0.1, 0.15) is 52.8 Å². The van der Waals surface area contributed by atoms with E-state index in [9.17, 15) is 9.59 Å². The fraction of sp³-hybridized carbons (Fsp3) is 0.333. The Bertz CT molecular complexity index is 748. The molecule has 5 nitrogen and oxygen atoms in total. The molecule has 26 heavy (non-hydrogen) atoms. The highest BCUT2D eigenvalue weighted by Crippen LogP contribution is 2.18. The lowest BCUT2D eigenvalue weighted by Crippen LogP contribution is -2.36. The highest BCUT2D eigenvalue weighted by atomic mass is 16.5. The van der Waals surface area contributed by atoms with Gasteiger partial charge in [-0.1, -0.05) is 19.3 Å². The summed E-state index contributed by atoms with van der Waals surface area (Å²) in [6.45, 7) is 0. The first-order chi connectivity index (χ1) is 12.7. The molecule has 1 saturated carbocycles.